The minimum Gasteiger partial charge on any atom is -0.326 e. The highest BCUT2D eigenvalue weighted by molar-refractivity contribution is 7.92. The normalized spacial score (nSPS) is 11.5. The fourth-order valence-electron chi connectivity index (χ4n) is 2.81. The molecule has 33 heavy (non-hydrogen) atoms. The Morgan fingerprint density at radius 1 is 0.758 bits per heavy atom. The van der Waals surface area contributed by atoms with Crippen LogP contribution in [0.5, 0.6) is 0 Å². The molecule has 0 radical (unpaired) electrons. The first-order valence-electron chi connectivity index (χ1n) is 10.4. The molecule has 0 aromatic heterocycles. The zero-order valence-corrected chi connectivity index (χ0v) is 19.8. The minimum absolute atomic E-state index is 0.149. The molecule has 172 valence electrons. The lowest BCUT2D eigenvalue weighted by molar-refractivity contribution is -0.123. The number of hydrogen-bond acceptors (Lipinski definition) is 4. The van der Waals surface area contributed by atoms with Crippen LogP contribution >= 0.6 is 0 Å². The first kappa shape index (κ1) is 24.0. The van der Waals surface area contributed by atoms with Crippen LogP contribution in [0.4, 0.5) is 17.1 Å². The summed E-state index contributed by atoms with van der Waals surface area (Å²) in [7, 11) is -3.71. The molecule has 2 amide bonds. The summed E-state index contributed by atoms with van der Waals surface area (Å²) < 4.78 is 27.6. The molecule has 0 saturated heterocycles. The summed E-state index contributed by atoms with van der Waals surface area (Å²) in [6.07, 6.45) is 0. The predicted octanol–water partition coefficient (Wildman–Crippen LogP) is 5.03. The van der Waals surface area contributed by atoms with E-state index in [-0.39, 0.29) is 16.7 Å². The van der Waals surface area contributed by atoms with Gasteiger partial charge in [-0.3, -0.25) is 14.3 Å². The van der Waals surface area contributed by atoms with Gasteiger partial charge in [-0.15, -0.1) is 0 Å². The zero-order valence-electron chi connectivity index (χ0n) is 19.0. The second-order valence-corrected chi connectivity index (χ2v) is 10.4. The third-order valence-electron chi connectivity index (χ3n) is 4.79. The summed E-state index contributed by atoms with van der Waals surface area (Å²) >= 11 is 0. The van der Waals surface area contributed by atoms with Crippen LogP contribution in [-0.4, -0.2) is 20.2 Å². The van der Waals surface area contributed by atoms with Gasteiger partial charge in [0.1, 0.15) is 0 Å². The molecule has 3 aromatic carbocycles. The Morgan fingerprint density at radius 3 is 1.97 bits per heavy atom. The van der Waals surface area contributed by atoms with Crippen molar-refractivity contribution in [1.82, 2.24) is 0 Å². The van der Waals surface area contributed by atoms with Crippen molar-refractivity contribution in [2.24, 2.45) is 5.41 Å². The maximum Gasteiger partial charge on any atom is 0.261 e. The molecule has 0 atom stereocenters. The van der Waals surface area contributed by atoms with Crippen molar-refractivity contribution in [2.75, 3.05) is 15.4 Å². The van der Waals surface area contributed by atoms with Gasteiger partial charge in [-0.2, -0.15) is 0 Å². The van der Waals surface area contributed by atoms with Crippen molar-refractivity contribution in [3.05, 3.63) is 83.9 Å². The minimum atomic E-state index is -3.71. The summed E-state index contributed by atoms with van der Waals surface area (Å²) in [6, 6.07) is 19.6. The monoisotopic (exact) mass is 465 g/mol. The fraction of sp³-hybridized carbons (Fsp3) is 0.200. The van der Waals surface area contributed by atoms with Gasteiger partial charge >= 0.3 is 0 Å². The van der Waals surface area contributed by atoms with Crippen molar-refractivity contribution in [3.8, 4) is 0 Å². The fourth-order valence-corrected chi connectivity index (χ4v) is 3.87. The number of nitrogens with one attached hydrogen (secondary N) is 3. The molecule has 0 heterocycles. The number of benzene rings is 3. The average molecular weight is 466 g/mol. The number of hydrogen-bond donors (Lipinski definition) is 3. The summed E-state index contributed by atoms with van der Waals surface area (Å²) in [5.74, 6) is -0.501. The number of rotatable bonds is 6. The summed E-state index contributed by atoms with van der Waals surface area (Å²) in [5, 5.41) is 5.57. The number of aryl methyl sites for hydroxylation is 1. The van der Waals surface area contributed by atoms with E-state index in [9.17, 15) is 18.0 Å². The van der Waals surface area contributed by atoms with Crippen LogP contribution in [0.3, 0.4) is 0 Å². The molecule has 0 aliphatic carbocycles. The molecule has 0 saturated carbocycles. The van der Waals surface area contributed by atoms with E-state index in [4.69, 9.17) is 0 Å². The molecule has 0 aliphatic rings. The Labute approximate surface area is 194 Å². The molecular weight excluding hydrogens is 438 g/mol. The van der Waals surface area contributed by atoms with Gasteiger partial charge in [0.05, 0.1) is 4.90 Å². The van der Waals surface area contributed by atoms with E-state index in [1.54, 1.807) is 72.8 Å². The van der Waals surface area contributed by atoms with E-state index >= 15 is 0 Å². The molecular formula is C25H27N3O4S. The van der Waals surface area contributed by atoms with Gasteiger partial charge in [0.2, 0.25) is 5.91 Å². The third kappa shape index (κ3) is 6.43. The highest BCUT2D eigenvalue weighted by Gasteiger charge is 2.21. The van der Waals surface area contributed by atoms with Gasteiger partial charge in [-0.1, -0.05) is 44.5 Å². The third-order valence-corrected chi connectivity index (χ3v) is 6.19. The van der Waals surface area contributed by atoms with Gasteiger partial charge in [-0.05, 0) is 61.5 Å². The van der Waals surface area contributed by atoms with Gasteiger partial charge in [0, 0.05) is 28.0 Å². The topological polar surface area (TPSA) is 104 Å². The van der Waals surface area contributed by atoms with Crippen LogP contribution in [-0.2, 0) is 14.8 Å². The molecule has 0 aliphatic heterocycles. The van der Waals surface area contributed by atoms with E-state index in [1.807, 2.05) is 27.7 Å². The smallest absolute Gasteiger partial charge is 0.261 e. The SMILES string of the molecule is Cc1ccc(S(=O)(=O)Nc2ccc(NC(=O)c3cccc(NC(=O)C(C)(C)C)c3)cc2)cc1. The largest absolute Gasteiger partial charge is 0.326 e. The lowest BCUT2D eigenvalue weighted by Gasteiger charge is -2.18. The van der Waals surface area contributed by atoms with Crippen LogP contribution in [0.2, 0.25) is 0 Å². The molecule has 3 N–H and O–H groups in total. The Bertz CT molecular complexity index is 1260. The highest BCUT2D eigenvalue weighted by atomic mass is 32.2. The molecule has 0 bridgehead atoms. The molecule has 3 aromatic rings. The Hall–Kier alpha value is -3.65. The summed E-state index contributed by atoms with van der Waals surface area (Å²) in [5.41, 5.74) is 2.20. The number of anilines is 3. The molecule has 8 heteroatoms. The second kappa shape index (κ2) is 9.46. The van der Waals surface area contributed by atoms with Crippen molar-refractivity contribution in [3.63, 3.8) is 0 Å². The Kier molecular flexibility index (Phi) is 6.88. The molecule has 0 unspecified atom stereocenters. The number of amides is 2. The van der Waals surface area contributed by atoms with Gasteiger partial charge < -0.3 is 10.6 Å². The first-order chi connectivity index (χ1) is 15.4. The quantitative estimate of drug-likeness (QED) is 0.475. The van der Waals surface area contributed by atoms with Crippen molar-refractivity contribution < 1.29 is 18.0 Å². The predicted molar refractivity (Wildman–Crippen MR) is 131 cm³/mol. The van der Waals surface area contributed by atoms with E-state index in [1.165, 1.54) is 0 Å². The standard InChI is InChI=1S/C25H27N3O4S/c1-17-8-14-22(15-9-17)33(31,32)28-20-12-10-19(11-13-20)26-23(29)18-6-5-7-21(16-18)27-24(30)25(2,3)4/h5-16,28H,1-4H3,(H,26,29)(H,27,30). The van der Waals surface area contributed by atoms with Gasteiger partial charge in [-0.25, -0.2) is 8.42 Å². The molecule has 0 fully saturated rings. The van der Waals surface area contributed by atoms with Crippen LogP contribution in [0.15, 0.2) is 77.7 Å². The van der Waals surface area contributed by atoms with Gasteiger partial charge in [0.25, 0.3) is 15.9 Å². The maximum absolute atomic E-state index is 12.6. The maximum atomic E-state index is 12.6. The van der Waals surface area contributed by atoms with E-state index in [0.717, 1.165) is 5.56 Å². The summed E-state index contributed by atoms with van der Waals surface area (Å²) in [4.78, 5) is 25.0. The lowest BCUT2D eigenvalue weighted by atomic mass is 9.95. The van der Waals surface area contributed by atoms with E-state index in [2.05, 4.69) is 15.4 Å². The molecule has 0 spiro atoms. The number of carbonyl (C=O) groups is 2. The van der Waals surface area contributed by atoms with E-state index in [0.29, 0.717) is 22.6 Å². The van der Waals surface area contributed by atoms with Gasteiger partial charge in [0.15, 0.2) is 0 Å². The second-order valence-electron chi connectivity index (χ2n) is 8.73. The average Bonchev–Trinajstić information content (AvgIpc) is 2.75. The summed E-state index contributed by atoms with van der Waals surface area (Å²) in [6.45, 7) is 7.31. The van der Waals surface area contributed by atoms with Crippen LogP contribution in [0.1, 0.15) is 36.7 Å². The van der Waals surface area contributed by atoms with E-state index < -0.39 is 15.4 Å². The molecule has 3 rings (SSSR count). The Balaban J connectivity index is 1.66. The zero-order chi connectivity index (χ0) is 24.2. The molecule has 7 nitrogen and oxygen atoms in total. The highest BCUT2D eigenvalue weighted by Crippen LogP contribution is 2.21. The lowest BCUT2D eigenvalue weighted by Crippen LogP contribution is -2.27. The number of sulfonamides is 1. The van der Waals surface area contributed by atoms with Crippen LogP contribution < -0.4 is 15.4 Å². The van der Waals surface area contributed by atoms with Crippen molar-refractivity contribution in [2.45, 2.75) is 32.6 Å². The number of carbonyl (C=O) groups excluding carboxylic acids is 2. The van der Waals surface area contributed by atoms with Crippen molar-refractivity contribution >= 4 is 38.9 Å². The van der Waals surface area contributed by atoms with Crippen molar-refractivity contribution in [1.29, 1.82) is 0 Å². The Morgan fingerprint density at radius 2 is 1.36 bits per heavy atom. The van der Waals surface area contributed by atoms with Crippen LogP contribution in [0.25, 0.3) is 0 Å². The first-order valence-corrected chi connectivity index (χ1v) is 11.8. The van der Waals surface area contributed by atoms with Crippen LogP contribution in [0, 0.1) is 12.3 Å².